The molecule has 1 aliphatic rings. The predicted octanol–water partition coefficient (Wildman–Crippen LogP) is 4.34. The average molecular weight is 445 g/mol. The summed E-state index contributed by atoms with van der Waals surface area (Å²) in [6.07, 6.45) is 4.76. The Labute approximate surface area is 188 Å². The molecule has 2 amide bonds. The van der Waals surface area contributed by atoms with Crippen molar-refractivity contribution >= 4 is 28.2 Å². The number of thiophene rings is 1. The van der Waals surface area contributed by atoms with E-state index in [1.165, 1.54) is 16.2 Å². The number of fused-ring (bicyclic) bond motifs is 1. The molecule has 0 spiro atoms. The highest BCUT2D eigenvalue weighted by Gasteiger charge is 2.26. The van der Waals surface area contributed by atoms with Crippen molar-refractivity contribution < 1.29 is 19.1 Å². The van der Waals surface area contributed by atoms with Crippen molar-refractivity contribution in [3.8, 4) is 5.75 Å². The Hall–Kier alpha value is -2.38. The molecule has 0 aliphatic heterocycles. The number of benzene rings is 1. The number of methoxy groups -OCH3 is 1. The maximum Gasteiger partial charge on any atom is 0.262 e. The van der Waals surface area contributed by atoms with Crippen LogP contribution in [0.5, 0.6) is 5.75 Å². The molecular formula is C24H32N2O4S. The van der Waals surface area contributed by atoms with Gasteiger partial charge in [-0.3, -0.25) is 9.59 Å². The minimum Gasteiger partial charge on any atom is -0.483 e. The van der Waals surface area contributed by atoms with E-state index in [0.29, 0.717) is 23.7 Å². The molecule has 0 fully saturated rings. The van der Waals surface area contributed by atoms with Crippen LogP contribution in [-0.2, 0) is 22.4 Å². The topological polar surface area (TPSA) is 76.7 Å². The summed E-state index contributed by atoms with van der Waals surface area (Å²) in [6.45, 7) is 7.04. The van der Waals surface area contributed by atoms with Gasteiger partial charge in [0.2, 0.25) is 0 Å². The number of carbonyl (C=O) groups is 2. The van der Waals surface area contributed by atoms with Crippen LogP contribution in [0.1, 0.15) is 56.8 Å². The van der Waals surface area contributed by atoms with Gasteiger partial charge in [-0.15, -0.1) is 11.3 Å². The molecule has 2 N–H and O–H groups in total. The van der Waals surface area contributed by atoms with Crippen LogP contribution in [0.3, 0.4) is 0 Å². The van der Waals surface area contributed by atoms with Crippen LogP contribution >= 0.6 is 11.3 Å². The molecule has 3 rings (SSSR count). The van der Waals surface area contributed by atoms with E-state index < -0.39 is 0 Å². The van der Waals surface area contributed by atoms with E-state index in [9.17, 15) is 9.59 Å². The molecule has 0 atom stereocenters. The van der Waals surface area contributed by atoms with Gasteiger partial charge in [0.1, 0.15) is 10.8 Å². The fraction of sp³-hybridized carbons (Fsp3) is 0.500. The van der Waals surface area contributed by atoms with Crippen LogP contribution in [0.15, 0.2) is 12.1 Å². The zero-order chi connectivity index (χ0) is 22.4. The fourth-order valence-corrected chi connectivity index (χ4v) is 5.40. The quantitative estimate of drug-likeness (QED) is 0.564. The summed E-state index contributed by atoms with van der Waals surface area (Å²) in [5.41, 5.74) is 4.88. The first-order valence-electron chi connectivity index (χ1n) is 10.8. The summed E-state index contributed by atoms with van der Waals surface area (Å²) in [5, 5.41) is 6.53. The Morgan fingerprint density at radius 3 is 2.52 bits per heavy atom. The molecule has 0 saturated carbocycles. The van der Waals surface area contributed by atoms with Crippen molar-refractivity contribution in [1.29, 1.82) is 0 Å². The van der Waals surface area contributed by atoms with Gasteiger partial charge >= 0.3 is 0 Å². The molecule has 1 heterocycles. The smallest absolute Gasteiger partial charge is 0.262 e. The highest BCUT2D eigenvalue weighted by atomic mass is 32.1. The lowest BCUT2D eigenvalue weighted by atomic mass is 9.95. The van der Waals surface area contributed by atoms with Crippen molar-refractivity contribution in [2.75, 3.05) is 32.2 Å². The van der Waals surface area contributed by atoms with Gasteiger partial charge in [0.25, 0.3) is 11.8 Å². The van der Waals surface area contributed by atoms with Gasteiger partial charge in [0.15, 0.2) is 6.61 Å². The first-order valence-corrected chi connectivity index (χ1v) is 11.6. The minimum absolute atomic E-state index is 0.0950. The molecule has 1 aliphatic carbocycles. The first-order chi connectivity index (χ1) is 14.9. The summed E-state index contributed by atoms with van der Waals surface area (Å²) < 4.78 is 10.9. The van der Waals surface area contributed by atoms with Crippen LogP contribution in [0.2, 0.25) is 0 Å². The molecule has 6 nitrogen and oxygen atoms in total. The zero-order valence-corrected chi connectivity index (χ0v) is 19.7. The van der Waals surface area contributed by atoms with E-state index in [1.807, 2.05) is 32.9 Å². The minimum atomic E-state index is -0.258. The van der Waals surface area contributed by atoms with E-state index in [0.717, 1.165) is 60.1 Å². The molecule has 0 radical (unpaired) electrons. The third-order valence-electron chi connectivity index (χ3n) is 5.41. The zero-order valence-electron chi connectivity index (χ0n) is 18.9. The lowest BCUT2D eigenvalue weighted by Crippen LogP contribution is -2.28. The van der Waals surface area contributed by atoms with Crippen LogP contribution in [0.25, 0.3) is 0 Å². The summed E-state index contributed by atoms with van der Waals surface area (Å²) in [7, 11) is 1.65. The fourth-order valence-electron chi connectivity index (χ4n) is 4.10. The van der Waals surface area contributed by atoms with Crippen molar-refractivity contribution in [2.24, 2.45) is 0 Å². The number of ether oxygens (including phenoxy) is 2. The van der Waals surface area contributed by atoms with Gasteiger partial charge in [-0.25, -0.2) is 0 Å². The normalized spacial score (nSPS) is 12.9. The molecule has 0 saturated heterocycles. The van der Waals surface area contributed by atoms with E-state index in [4.69, 9.17) is 9.47 Å². The maximum atomic E-state index is 12.9. The van der Waals surface area contributed by atoms with E-state index >= 15 is 0 Å². The third-order valence-corrected chi connectivity index (χ3v) is 6.62. The van der Waals surface area contributed by atoms with E-state index in [-0.39, 0.29) is 18.4 Å². The molecule has 1 aromatic heterocycles. The number of aryl methyl sites for hydroxylation is 4. The van der Waals surface area contributed by atoms with Crippen molar-refractivity contribution in [3.05, 3.63) is 44.8 Å². The van der Waals surface area contributed by atoms with Gasteiger partial charge in [0.05, 0.1) is 5.56 Å². The van der Waals surface area contributed by atoms with Crippen LogP contribution < -0.4 is 15.4 Å². The molecule has 1 aromatic carbocycles. The second kappa shape index (κ2) is 10.8. The lowest BCUT2D eigenvalue weighted by Gasteiger charge is -2.14. The third kappa shape index (κ3) is 5.86. The average Bonchev–Trinajstić information content (AvgIpc) is 3.08. The molecule has 7 heteroatoms. The van der Waals surface area contributed by atoms with Gasteiger partial charge in [0, 0.05) is 25.1 Å². The number of nitrogens with one attached hydrogen (secondary N) is 2. The molecule has 168 valence electrons. The summed E-state index contributed by atoms with van der Waals surface area (Å²) in [5.74, 6) is 0.352. The summed E-state index contributed by atoms with van der Waals surface area (Å²) >= 11 is 1.52. The standard InChI is InChI=1S/C24H32N2O4S/c1-15-12-16(2)22(17(3)13-15)30-14-20(27)26-24-21(23(28)25-10-7-11-29-4)18-8-5-6-9-19(18)31-24/h12-13H,5-11,14H2,1-4H3,(H,25,28)(H,26,27). The number of hydrogen-bond donors (Lipinski definition) is 2. The van der Waals surface area contributed by atoms with Crippen molar-refractivity contribution in [1.82, 2.24) is 5.32 Å². The van der Waals surface area contributed by atoms with Crippen LogP contribution in [-0.4, -0.2) is 38.7 Å². The molecule has 0 unspecified atom stereocenters. The second-order valence-corrected chi connectivity index (χ2v) is 9.19. The van der Waals surface area contributed by atoms with Crippen molar-refractivity contribution in [2.45, 2.75) is 52.9 Å². The van der Waals surface area contributed by atoms with E-state index in [1.54, 1.807) is 7.11 Å². The predicted molar refractivity (Wildman–Crippen MR) is 125 cm³/mol. The molecule has 0 bridgehead atoms. The number of carbonyl (C=O) groups excluding carboxylic acids is 2. The Morgan fingerprint density at radius 2 is 1.81 bits per heavy atom. The van der Waals surface area contributed by atoms with E-state index in [2.05, 4.69) is 10.6 Å². The first kappa shape index (κ1) is 23.3. The lowest BCUT2D eigenvalue weighted by molar-refractivity contribution is -0.118. The number of amides is 2. The van der Waals surface area contributed by atoms with Crippen LogP contribution in [0, 0.1) is 20.8 Å². The SMILES string of the molecule is COCCCNC(=O)c1c(NC(=O)COc2c(C)cc(C)cc2C)sc2c1CCCC2. The highest BCUT2D eigenvalue weighted by molar-refractivity contribution is 7.17. The van der Waals surface area contributed by atoms with Gasteiger partial charge in [-0.2, -0.15) is 0 Å². The Kier molecular flexibility index (Phi) is 8.09. The molecular weight excluding hydrogens is 412 g/mol. The van der Waals surface area contributed by atoms with Crippen molar-refractivity contribution in [3.63, 3.8) is 0 Å². The molecule has 31 heavy (non-hydrogen) atoms. The Morgan fingerprint density at radius 1 is 1.10 bits per heavy atom. The van der Waals surface area contributed by atoms with Gasteiger partial charge < -0.3 is 20.1 Å². The highest BCUT2D eigenvalue weighted by Crippen LogP contribution is 2.38. The van der Waals surface area contributed by atoms with Gasteiger partial charge in [-0.05, 0) is 69.6 Å². The monoisotopic (exact) mass is 444 g/mol. The molecule has 2 aromatic rings. The number of anilines is 1. The Bertz CT molecular complexity index is 928. The van der Waals surface area contributed by atoms with Gasteiger partial charge in [-0.1, -0.05) is 17.7 Å². The largest absolute Gasteiger partial charge is 0.483 e. The summed E-state index contributed by atoms with van der Waals surface area (Å²) in [4.78, 5) is 26.8. The number of rotatable bonds is 9. The second-order valence-electron chi connectivity index (χ2n) is 8.08. The Balaban J connectivity index is 1.71. The van der Waals surface area contributed by atoms with Crippen LogP contribution in [0.4, 0.5) is 5.00 Å². The maximum absolute atomic E-state index is 12.9. The summed E-state index contributed by atoms with van der Waals surface area (Å²) in [6, 6.07) is 4.08. The number of hydrogen-bond acceptors (Lipinski definition) is 5.